The third-order valence-electron chi connectivity index (χ3n) is 3.98. The summed E-state index contributed by atoms with van der Waals surface area (Å²) >= 11 is 0. The molecule has 1 aliphatic carbocycles. The molecule has 3 atom stereocenters. The summed E-state index contributed by atoms with van der Waals surface area (Å²) < 4.78 is 0. The second-order valence-corrected chi connectivity index (χ2v) is 5.13. The summed E-state index contributed by atoms with van der Waals surface area (Å²) in [6.45, 7) is 4.75. The maximum absolute atomic E-state index is 5.83. The molecule has 1 fully saturated rings. The molecule has 0 aromatic heterocycles. The van der Waals surface area contributed by atoms with Crippen LogP contribution in [0.3, 0.4) is 0 Å². The van der Waals surface area contributed by atoms with Crippen molar-refractivity contribution in [2.75, 3.05) is 5.73 Å². The fraction of sp³-hybridized carbons (Fsp3) is 0.571. The normalized spacial score (nSPS) is 31.5. The van der Waals surface area contributed by atoms with Crippen LogP contribution in [0.25, 0.3) is 0 Å². The second kappa shape index (κ2) is 4.26. The third-order valence-corrected chi connectivity index (χ3v) is 3.98. The first-order valence-corrected chi connectivity index (χ1v) is 6.02. The second-order valence-electron chi connectivity index (χ2n) is 5.13. The standard InChI is InChI=1S/C14H21N/c1-10-6-7-13(8-11(10)2)12-4-3-5-14(15)9-12/h3-5,9-11,13H,6-8,15H2,1-2H3. The first-order valence-electron chi connectivity index (χ1n) is 6.02. The minimum Gasteiger partial charge on any atom is -0.399 e. The molecule has 0 bridgehead atoms. The van der Waals surface area contributed by atoms with E-state index in [1.54, 1.807) is 0 Å². The monoisotopic (exact) mass is 203 g/mol. The van der Waals surface area contributed by atoms with Gasteiger partial charge in [0, 0.05) is 5.69 Å². The molecule has 0 heterocycles. The maximum atomic E-state index is 5.83. The van der Waals surface area contributed by atoms with E-state index in [4.69, 9.17) is 5.73 Å². The van der Waals surface area contributed by atoms with Crippen LogP contribution in [0, 0.1) is 11.8 Å². The van der Waals surface area contributed by atoms with Crippen molar-refractivity contribution in [3.05, 3.63) is 29.8 Å². The van der Waals surface area contributed by atoms with Crippen molar-refractivity contribution in [3.63, 3.8) is 0 Å². The summed E-state index contributed by atoms with van der Waals surface area (Å²) in [5.41, 5.74) is 8.17. The Balaban J connectivity index is 2.12. The molecular weight excluding hydrogens is 182 g/mol. The van der Waals surface area contributed by atoms with Crippen molar-refractivity contribution >= 4 is 5.69 Å². The largest absolute Gasteiger partial charge is 0.399 e. The van der Waals surface area contributed by atoms with E-state index in [-0.39, 0.29) is 0 Å². The van der Waals surface area contributed by atoms with E-state index in [9.17, 15) is 0 Å². The molecule has 3 unspecified atom stereocenters. The molecule has 2 N–H and O–H groups in total. The zero-order valence-electron chi connectivity index (χ0n) is 9.74. The van der Waals surface area contributed by atoms with Crippen LogP contribution >= 0.6 is 0 Å². The third kappa shape index (κ3) is 2.34. The van der Waals surface area contributed by atoms with Crippen LogP contribution in [0.1, 0.15) is 44.6 Å². The van der Waals surface area contributed by atoms with E-state index >= 15 is 0 Å². The van der Waals surface area contributed by atoms with E-state index in [0.717, 1.165) is 23.4 Å². The van der Waals surface area contributed by atoms with Gasteiger partial charge >= 0.3 is 0 Å². The van der Waals surface area contributed by atoms with Gasteiger partial charge in [-0.1, -0.05) is 26.0 Å². The predicted octanol–water partition coefficient (Wildman–Crippen LogP) is 3.81. The number of nitrogen functional groups attached to an aromatic ring is 1. The number of anilines is 1. The topological polar surface area (TPSA) is 26.0 Å². The number of rotatable bonds is 1. The van der Waals surface area contributed by atoms with Gasteiger partial charge in [0.25, 0.3) is 0 Å². The average molecular weight is 203 g/mol. The van der Waals surface area contributed by atoms with E-state index in [2.05, 4.69) is 32.0 Å². The lowest BCUT2D eigenvalue weighted by atomic mass is 9.73. The summed E-state index contributed by atoms with van der Waals surface area (Å²) in [6.07, 6.45) is 4.01. The fourth-order valence-corrected chi connectivity index (χ4v) is 2.66. The summed E-state index contributed by atoms with van der Waals surface area (Å²) in [6, 6.07) is 8.42. The number of hydrogen-bond donors (Lipinski definition) is 1. The van der Waals surface area contributed by atoms with Crippen LogP contribution in [0.5, 0.6) is 0 Å². The zero-order chi connectivity index (χ0) is 10.8. The zero-order valence-corrected chi connectivity index (χ0v) is 9.74. The molecular formula is C14H21N. The highest BCUT2D eigenvalue weighted by Crippen LogP contribution is 2.39. The molecule has 0 saturated heterocycles. The molecule has 0 spiro atoms. The Morgan fingerprint density at radius 3 is 2.60 bits per heavy atom. The van der Waals surface area contributed by atoms with Crippen LogP contribution in [0.2, 0.25) is 0 Å². The highest BCUT2D eigenvalue weighted by molar-refractivity contribution is 5.41. The smallest absolute Gasteiger partial charge is 0.0316 e. The van der Waals surface area contributed by atoms with Gasteiger partial charge in [-0.3, -0.25) is 0 Å². The maximum Gasteiger partial charge on any atom is 0.0316 e. The van der Waals surface area contributed by atoms with Gasteiger partial charge < -0.3 is 5.73 Å². The lowest BCUT2D eigenvalue weighted by molar-refractivity contribution is 0.250. The lowest BCUT2D eigenvalue weighted by Crippen LogP contribution is -2.19. The highest BCUT2D eigenvalue weighted by Gasteiger charge is 2.25. The van der Waals surface area contributed by atoms with Crippen LogP contribution in [0.15, 0.2) is 24.3 Å². The molecule has 0 aliphatic heterocycles. The van der Waals surface area contributed by atoms with Gasteiger partial charge in [-0.2, -0.15) is 0 Å². The van der Waals surface area contributed by atoms with Crippen molar-refractivity contribution in [3.8, 4) is 0 Å². The molecule has 0 radical (unpaired) electrons. The number of hydrogen-bond acceptors (Lipinski definition) is 1. The quantitative estimate of drug-likeness (QED) is 0.690. The lowest BCUT2D eigenvalue weighted by Gasteiger charge is -2.32. The molecule has 2 rings (SSSR count). The predicted molar refractivity (Wildman–Crippen MR) is 65.8 cm³/mol. The van der Waals surface area contributed by atoms with Gasteiger partial charge in [0.15, 0.2) is 0 Å². The Bertz CT molecular complexity index is 332. The van der Waals surface area contributed by atoms with Gasteiger partial charge in [0.05, 0.1) is 0 Å². The van der Waals surface area contributed by atoms with E-state index in [1.165, 1.54) is 24.8 Å². The molecule has 82 valence electrons. The van der Waals surface area contributed by atoms with E-state index in [1.807, 2.05) is 6.07 Å². The van der Waals surface area contributed by atoms with Crippen molar-refractivity contribution < 1.29 is 0 Å². The molecule has 1 saturated carbocycles. The van der Waals surface area contributed by atoms with E-state index < -0.39 is 0 Å². The minimum atomic E-state index is 0.736. The van der Waals surface area contributed by atoms with Crippen molar-refractivity contribution in [1.29, 1.82) is 0 Å². The van der Waals surface area contributed by atoms with Crippen LogP contribution < -0.4 is 5.73 Å². The number of benzene rings is 1. The molecule has 1 heteroatoms. The first-order chi connectivity index (χ1) is 7.16. The Morgan fingerprint density at radius 2 is 1.93 bits per heavy atom. The van der Waals surface area contributed by atoms with Crippen LogP contribution in [-0.2, 0) is 0 Å². The molecule has 1 aliphatic rings. The van der Waals surface area contributed by atoms with Gasteiger partial charge in [-0.15, -0.1) is 0 Å². The molecule has 0 amide bonds. The van der Waals surface area contributed by atoms with Gasteiger partial charge in [-0.05, 0) is 54.7 Å². The van der Waals surface area contributed by atoms with Crippen molar-refractivity contribution in [2.45, 2.75) is 39.0 Å². The van der Waals surface area contributed by atoms with Crippen molar-refractivity contribution in [2.24, 2.45) is 11.8 Å². The Kier molecular flexibility index (Phi) is 2.99. The van der Waals surface area contributed by atoms with Crippen molar-refractivity contribution in [1.82, 2.24) is 0 Å². The van der Waals surface area contributed by atoms with Gasteiger partial charge in [-0.25, -0.2) is 0 Å². The highest BCUT2D eigenvalue weighted by atomic mass is 14.5. The molecule has 1 aromatic rings. The Morgan fingerprint density at radius 1 is 1.13 bits per heavy atom. The minimum absolute atomic E-state index is 0.736. The summed E-state index contributed by atoms with van der Waals surface area (Å²) in [5, 5.41) is 0. The van der Waals surface area contributed by atoms with Gasteiger partial charge in [0.1, 0.15) is 0 Å². The Labute approximate surface area is 92.7 Å². The first kappa shape index (κ1) is 10.5. The summed E-state index contributed by atoms with van der Waals surface area (Å²) in [7, 11) is 0. The van der Waals surface area contributed by atoms with Crippen LogP contribution in [-0.4, -0.2) is 0 Å². The number of nitrogens with two attached hydrogens (primary N) is 1. The Hall–Kier alpha value is -0.980. The molecule has 1 aromatic carbocycles. The summed E-state index contributed by atoms with van der Waals surface area (Å²) in [4.78, 5) is 0. The molecule has 15 heavy (non-hydrogen) atoms. The fourth-order valence-electron chi connectivity index (χ4n) is 2.66. The van der Waals surface area contributed by atoms with E-state index in [0.29, 0.717) is 0 Å². The van der Waals surface area contributed by atoms with Crippen LogP contribution in [0.4, 0.5) is 5.69 Å². The van der Waals surface area contributed by atoms with Gasteiger partial charge in [0.2, 0.25) is 0 Å². The average Bonchev–Trinajstić information content (AvgIpc) is 2.22. The SMILES string of the molecule is CC1CCC(c2cccc(N)c2)CC1C. The molecule has 1 nitrogen and oxygen atoms in total. The summed E-state index contributed by atoms with van der Waals surface area (Å²) in [5.74, 6) is 2.48.